The van der Waals surface area contributed by atoms with E-state index in [0.29, 0.717) is 16.3 Å². The van der Waals surface area contributed by atoms with Crippen LogP contribution in [0.1, 0.15) is 12.8 Å². The Morgan fingerprint density at radius 2 is 2.33 bits per heavy atom. The lowest BCUT2D eigenvalue weighted by molar-refractivity contribution is -0.128. The first kappa shape index (κ1) is 11.6. The number of pyridine rings is 1. The van der Waals surface area contributed by atoms with Crippen molar-refractivity contribution in [3.05, 3.63) is 22.8 Å². The molecule has 1 aliphatic carbocycles. The fraction of sp³-hybridized carbons (Fsp3) is 0.417. The zero-order chi connectivity index (χ0) is 12.7. The number of fused-ring (bicyclic) bond motifs is 1. The van der Waals surface area contributed by atoms with Crippen LogP contribution in [0, 0.1) is 5.92 Å². The SMILES string of the molecule is O=CN1[C@@H]2C[C@@H]2C[C@H]1C(=O)Nc1cccc(Br)n1. The van der Waals surface area contributed by atoms with Crippen LogP contribution in [0.15, 0.2) is 22.8 Å². The molecular formula is C12H12BrN3O2. The molecule has 1 saturated carbocycles. The number of anilines is 1. The maximum absolute atomic E-state index is 12.1. The molecule has 2 amide bonds. The molecule has 6 heteroatoms. The van der Waals surface area contributed by atoms with Crippen molar-refractivity contribution in [2.24, 2.45) is 5.92 Å². The lowest BCUT2D eigenvalue weighted by Gasteiger charge is -2.22. The summed E-state index contributed by atoms with van der Waals surface area (Å²) in [6.45, 7) is 0. The first-order chi connectivity index (χ1) is 8.69. The molecule has 2 fully saturated rings. The van der Waals surface area contributed by atoms with E-state index in [1.54, 1.807) is 23.1 Å². The molecule has 18 heavy (non-hydrogen) atoms. The highest BCUT2D eigenvalue weighted by molar-refractivity contribution is 9.10. The summed E-state index contributed by atoms with van der Waals surface area (Å²) in [5.41, 5.74) is 0. The summed E-state index contributed by atoms with van der Waals surface area (Å²) in [4.78, 5) is 28.9. The van der Waals surface area contributed by atoms with Gasteiger partial charge in [-0.2, -0.15) is 0 Å². The van der Waals surface area contributed by atoms with Crippen molar-refractivity contribution in [1.29, 1.82) is 0 Å². The van der Waals surface area contributed by atoms with Crippen LogP contribution in [0.3, 0.4) is 0 Å². The molecule has 5 nitrogen and oxygen atoms in total. The van der Waals surface area contributed by atoms with Crippen molar-refractivity contribution < 1.29 is 9.59 Å². The molecule has 3 atom stereocenters. The molecule has 0 bridgehead atoms. The average Bonchev–Trinajstić information content (AvgIpc) is 3.01. The van der Waals surface area contributed by atoms with E-state index in [0.717, 1.165) is 19.3 Å². The molecule has 0 radical (unpaired) electrons. The molecule has 1 N–H and O–H groups in total. The predicted octanol–water partition coefficient (Wildman–Crippen LogP) is 1.40. The lowest BCUT2D eigenvalue weighted by atomic mass is 10.1. The molecular weight excluding hydrogens is 298 g/mol. The Balaban J connectivity index is 1.70. The Morgan fingerprint density at radius 1 is 1.50 bits per heavy atom. The largest absolute Gasteiger partial charge is 0.330 e. The van der Waals surface area contributed by atoms with E-state index in [1.807, 2.05) is 0 Å². The van der Waals surface area contributed by atoms with E-state index < -0.39 is 0 Å². The fourth-order valence-corrected chi connectivity index (χ4v) is 2.91. The normalized spacial score (nSPS) is 28.7. The van der Waals surface area contributed by atoms with E-state index in [4.69, 9.17) is 0 Å². The molecule has 1 aliphatic heterocycles. The monoisotopic (exact) mass is 309 g/mol. The van der Waals surface area contributed by atoms with Crippen molar-refractivity contribution in [1.82, 2.24) is 9.88 Å². The van der Waals surface area contributed by atoms with Crippen LogP contribution < -0.4 is 5.32 Å². The summed E-state index contributed by atoms with van der Waals surface area (Å²) < 4.78 is 0.668. The third-order valence-corrected chi connectivity index (χ3v) is 3.99. The van der Waals surface area contributed by atoms with Gasteiger partial charge < -0.3 is 10.2 Å². The Labute approximate surface area is 113 Å². The maximum atomic E-state index is 12.1. The number of nitrogens with one attached hydrogen (secondary N) is 1. The summed E-state index contributed by atoms with van der Waals surface area (Å²) in [7, 11) is 0. The van der Waals surface area contributed by atoms with E-state index in [9.17, 15) is 9.59 Å². The summed E-state index contributed by atoms with van der Waals surface area (Å²) in [5.74, 6) is 0.863. The Hall–Kier alpha value is -1.43. The van der Waals surface area contributed by atoms with Gasteiger partial charge in [0.1, 0.15) is 16.5 Å². The topological polar surface area (TPSA) is 62.3 Å². The summed E-state index contributed by atoms with van der Waals surface area (Å²) in [6, 6.07) is 5.26. The average molecular weight is 310 g/mol. The standard InChI is InChI=1S/C12H12BrN3O2/c13-10-2-1-3-11(14-10)15-12(18)9-5-7-4-8(7)16(9)6-17/h1-3,6-9H,4-5H2,(H,14,15,18)/t7-,8-,9+/m1/s1. The van der Waals surface area contributed by atoms with E-state index in [-0.39, 0.29) is 18.0 Å². The van der Waals surface area contributed by atoms with Gasteiger partial charge in [-0.3, -0.25) is 9.59 Å². The van der Waals surface area contributed by atoms with Crippen molar-refractivity contribution in [2.45, 2.75) is 24.9 Å². The van der Waals surface area contributed by atoms with Crippen molar-refractivity contribution in [2.75, 3.05) is 5.32 Å². The van der Waals surface area contributed by atoms with Crippen LogP contribution >= 0.6 is 15.9 Å². The zero-order valence-corrected chi connectivity index (χ0v) is 11.1. The summed E-state index contributed by atoms with van der Waals surface area (Å²) in [6.07, 6.45) is 2.59. The van der Waals surface area contributed by atoms with Crippen LogP contribution in [0.5, 0.6) is 0 Å². The number of likely N-dealkylation sites (tertiary alicyclic amines) is 1. The van der Waals surface area contributed by atoms with Gasteiger partial charge in [0.25, 0.3) is 0 Å². The van der Waals surface area contributed by atoms with Gasteiger partial charge in [0.2, 0.25) is 12.3 Å². The Bertz CT molecular complexity index is 508. The zero-order valence-electron chi connectivity index (χ0n) is 9.54. The van der Waals surface area contributed by atoms with Gasteiger partial charge in [0.15, 0.2) is 0 Å². The predicted molar refractivity (Wildman–Crippen MR) is 68.8 cm³/mol. The number of nitrogens with zero attached hydrogens (tertiary/aromatic N) is 2. The molecule has 3 rings (SSSR count). The number of amides is 2. The fourth-order valence-electron chi connectivity index (χ4n) is 2.57. The second-order valence-electron chi connectivity index (χ2n) is 4.70. The number of carbonyl (C=O) groups excluding carboxylic acids is 2. The highest BCUT2D eigenvalue weighted by Gasteiger charge is 2.53. The van der Waals surface area contributed by atoms with Crippen LogP contribution in [0.2, 0.25) is 0 Å². The van der Waals surface area contributed by atoms with Gasteiger partial charge in [-0.25, -0.2) is 4.98 Å². The molecule has 1 aromatic heterocycles. The number of piperidine rings is 1. The van der Waals surface area contributed by atoms with Crippen molar-refractivity contribution >= 4 is 34.1 Å². The minimum absolute atomic E-state index is 0.153. The second-order valence-corrected chi connectivity index (χ2v) is 5.51. The highest BCUT2D eigenvalue weighted by atomic mass is 79.9. The highest BCUT2D eigenvalue weighted by Crippen LogP contribution is 2.47. The number of carbonyl (C=O) groups is 2. The molecule has 0 aromatic carbocycles. The van der Waals surface area contributed by atoms with Gasteiger partial charge in [0, 0.05) is 6.04 Å². The van der Waals surface area contributed by atoms with Gasteiger partial charge >= 0.3 is 0 Å². The quantitative estimate of drug-likeness (QED) is 0.678. The number of rotatable bonds is 3. The number of aromatic nitrogens is 1. The van der Waals surface area contributed by atoms with Gasteiger partial charge in [-0.15, -0.1) is 0 Å². The van der Waals surface area contributed by atoms with Crippen LogP contribution in [-0.2, 0) is 9.59 Å². The van der Waals surface area contributed by atoms with Crippen molar-refractivity contribution in [3.8, 4) is 0 Å². The van der Waals surface area contributed by atoms with E-state index in [2.05, 4.69) is 26.2 Å². The van der Waals surface area contributed by atoms with Crippen LogP contribution in [-0.4, -0.2) is 34.3 Å². The molecule has 0 spiro atoms. The van der Waals surface area contributed by atoms with Gasteiger partial charge in [-0.05, 0) is 46.8 Å². The smallest absolute Gasteiger partial charge is 0.248 e. The Kier molecular flexibility index (Phi) is 2.81. The third kappa shape index (κ3) is 2.01. The molecule has 94 valence electrons. The molecule has 2 aliphatic rings. The van der Waals surface area contributed by atoms with E-state index in [1.165, 1.54) is 0 Å². The maximum Gasteiger partial charge on any atom is 0.248 e. The molecule has 2 heterocycles. The number of halogens is 1. The lowest BCUT2D eigenvalue weighted by Crippen LogP contribution is -2.41. The summed E-state index contributed by atoms with van der Waals surface area (Å²) >= 11 is 3.25. The van der Waals surface area contributed by atoms with Crippen LogP contribution in [0.4, 0.5) is 5.82 Å². The minimum atomic E-state index is -0.341. The second kappa shape index (κ2) is 4.35. The number of hydrogen-bond donors (Lipinski definition) is 1. The first-order valence-electron chi connectivity index (χ1n) is 5.85. The summed E-state index contributed by atoms with van der Waals surface area (Å²) in [5, 5.41) is 2.75. The van der Waals surface area contributed by atoms with Crippen molar-refractivity contribution in [3.63, 3.8) is 0 Å². The van der Waals surface area contributed by atoms with Gasteiger partial charge in [0.05, 0.1) is 0 Å². The molecule has 0 unspecified atom stereocenters. The van der Waals surface area contributed by atoms with E-state index >= 15 is 0 Å². The molecule has 1 aromatic rings. The van der Waals surface area contributed by atoms with Gasteiger partial charge in [-0.1, -0.05) is 6.07 Å². The van der Waals surface area contributed by atoms with Crippen LogP contribution in [0.25, 0.3) is 0 Å². The Morgan fingerprint density at radius 3 is 3.06 bits per heavy atom. The third-order valence-electron chi connectivity index (χ3n) is 3.54. The first-order valence-corrected chi connectivity index (χ1v) is 6.64. The minimum Gasteiger partial charge on any atom is -0.330 e. The molecule has 1 saturated heterocycles. The number of hydrogen-bond acceptors (Lipinski definition) is 3.